The minimum Gasteiger partial charge on any atom is -0.374 e. The van der Waals surface area contributed by atoms with Gasteiger partial charge >= 0.3 is 6.03 Å². The lowest BCUT2D eigenvalue weighted by Gasteiger charge is -2.37. The van der Waals surface area contributed by atoms with Gasteiger partial charge in [0.05, 0.1) is 17.1 Å². The molecule has 29 heavy (non-hydrogen) atoms. The normalized spacial score (nSPS) is 25.8. The fourth-order valence-electron chi connectivity index (χ4n) is 3.67. The Bertz CT molecular complexity index is 1050. The molecule has 0 aliphatic carbocycles. The molecule has 2 saturated heterocycles. The average Bonchev–Trinajstić information content (AvgIpc) is 3.21. The molecular weight excluding hydrogens is 487 g/mol. The molecule has 2 aliphatic heterocycles. The Labute approximate surface area is 179 Å². The molecule has 1 spiro atoms. The summed E-state index contributed by atoms with van der Waals surface area (Å²) in [6.07, 6.45) is 1.50. The third-order valence-electron chi connectivity index (χ3n) is 4.98. The maximum Gasteiger partial charge on any atom is 0.321 e. The van der Waals surface area contributed by atoms with E-state index in [1.807, 2.05) is 0 Å². The van der Waals surface area contributed by atoms with E-state index >= 15 is 0 Å². The van der Waals surface area contributed by atoms with Crippen molar-refractivity contribution in [1.29, 1.82) is 0 Å². The highest BCUT2D eigenvalue weighted by Gasteiger charge is 2.46. The summed E-state index contributed by atoms with van der Waals surface area (Å²) < 4.78 is 44.1. The number of carbonyl (C=O) groups excluding carboxylic acids is 1. The van der Waals surface area contributed by atoms with Crippen molar-refractivity contribution in [3.8, 4) is 10.6 Å². The third-order valence-corrected chi connectivity index (χ3v) is 8.14. The summed E-state index contributed by atoms with van der Waals surface area (Å²) >= 11 is 4.35. The van der Waals surface area contributed by atoms with Crippen LogP contribution in [-0.2, 0) is 14.6 Å². The number of hydrogen-bond donors (Lipinski definition) is 2. The molecule has 0 radical (unpaired) electrons. The van der Waals surface area contributed by atoms with Crippen molar-refractivity contribution in [2.75, 3.05) is 23.4 Å². The second-order valence-corrected chi connectivity index (χ2v) is 11.3. The number of ether oxygens (including phenoxy) is 1. The first-order valence-electron chi connectivity index (χ1n) is 8.94. The van der Waals surface area contributed by atoms with Gasteiger partial charge in [0.25, 0.3) is 0 Å². The van der Waals surface area contributed by atoms with Crippen molar-refractivity contribution in [2.24, 2.45) is 0 Å². The van der Waals surface area contributed by atoms with Crippen LogP contribution in [0, 0.1) is 5.82 Å². The molecule has 1 aromatic heterocycles. The standard InChI is InChI=1S/C17H18BrFN4O4S2/c18-10-1-2-13(19)12(7-10)14-22-23-16(28-14)21-15(24)20-11-3-5-27-17(8-11)4-6-29(25,26)9-17/h1-2,7,11H,3-6,8-9H2,(H2,20,21,23,24). The minimum atomic E-state index is -3.09. The predicted octanol–water partition coefficient (Wildman–Crippen LogP) is 2.96. The number of anilines is 1. The first-order chi connectivity index (χ1) is 13.7. The average molecular weight is 505 g/mol. The number of halogens is 2. The quantitative estimate of drug-likeness (QED) is 0.664. The third kappa shape index (κ3) is 4.76. The van der Waals surface area contributed by atoms with E-state index in [9.17, 15) is 17.6 Å². The van der Waals surface area contributed by atoms with Gasteiger partial charge in [0.1, 0.15) is 5.82 Å². The summed E-state index contributed by atoms with van der Waals surface area (Å²) in [7, 11) is -3.09. The molecule has 2 amide bonds. The van der Waals surface area contributed by atoms with Gasteiger partial charge in [-0.25, -0.2) is 17.6 Å². The Balaban J connectivity index is 1.38. The van der Waals surface area contributed by atoms with Gasteiger partial charge in [0.15, 0.2) is 14.8 Å². The lowest BCUT2D eigenvalue weighted by Crippen LogP contribution is -2.50. The molecule has 2 unspecified atom stereocenters. The lowest BCUT2D eigenvalue weighted by molar-refractivity contribution is -0.0685. The Morgan fingerprint density at radius 3 is 2.97 bits per heavy atom. The Morgan fingerprint density at radius 2 is 2.21 bits per heavy atom. The molecule has 2 N–H and O–H groups in total. The summed E-state index contributed by atoms with van der Waals surface area (Å²) in [5, 5.41) is 13.9. The molecule has 1 aromatic carbocycles. The van der Waals surface area contributed by atoms with Crippen LogP contribution in [0.1, 0.15) is 19.3 Å². The molecular formula is C17H18BrFN4O4S2. The number of sulfone groups is 1. The van der Waals surface area contributed by atoms with Crippen molar-refractivity contribution in [1.82, 2.24) is 15.5 Å². The number of carbonyl (C=O) groups is 1. The number of amides is 2. The highest BCUT2D eigenvalue weighted by molar-refractivity contribution is 9.10. The van der Waals surface area contributed by atoms with E-state index in [1.165, 1.54) is 6.07 Å². The zero-order chi connectivity index (χ0) is 20.6. The Kier molecular flexibility index (Phi) is 5.62. The fourth-order valence-corrected chi connectivity index (χ4v) is 6.77. The van der Waals surface area contributed by atoms with Crippen molar-refractivity contribution in [3.05, 3.63) is 28.5 Å². The van der Waals surface area contributed by atoms with E-state index in [1.54, 1.807) is 12.1 Å². The Hall–Kier alpha value is -1.63. The highest BCUT2D eigenvalue weighted by atomic mass is 79.9. The van der Waals surface area contributed by atoms with Gasteiger partial charge in [0, 0.05) is 22.7 Å². The van der Waals surface area contributed by atoms with Crippen LogP contribution in [0.25, 0.3) is 10.6 Å². The van der Waals surface area contributed by atoms with Crippen molar-refractivity contribution in [3.63, 3.8) is 0 Å². The fraction of sp³-hybridized carbons (Fsp3) is 0.471. The second-order valence-electron chi connectivity index (χ2n) is 7.20. The van der Waals surface area contributed by atoms with Gasteiger partial charge in [-0.3, -0.25) is 5.32 Å². The first-order valence-corrected chi connectivity index (χ1v) is 12.4. The van der Waals surface area contributed by atoms with Gasteiger partial charge < -0.3 is 10.1 Å². The van der Waals surface area contributed by atoms with Crippen LogP contribution < -0.4 is 10.6 Å². The van der Waals surface area contributed by atoms with E-state index in [4.69, 9.17) is 4.74 Å². The van der Waals surface area contributed by atoms with Gasteiger partial charge in [-0.2, -0.15) is 0 Å². The molecule has 8 nitrogen and oxygen atoms in total. The lowest BCUT2D eigenvalue weighted by atomic mass is 9.90. The molecule has 2 aliphatic rings. The van der Waals surface area contributed by atoms with Crippen molar-refractivity contribution < 1.29 is 22.3 Å². The molecule has 0 saturated carbocycles. The molecule has 12 heteroatoms. The number of hydrogen-bond acceptors (Lipinski definition) is 7. The van der Waals surface area contributed by atoms with Crippen LogP contribution >= 0.6 is 27.3 Å². The van der Waals surface area contributed by atoms with Crippen molar-refractivity contribution in [2.45, 2.75) is 30.9 Å². The number of rotatable bonds is 3. The summed E-state index contributed by atoms with van der Waals surface area (Å²) in [6.45, 7) is 0.394. The van der Waals surface area contributed by atoms with Crippen LogP contribution in [0.5, 0.6) is 0 Å². The Morgan fingerprint density at radius 1 is 1.38 bits per heavy atom. The molecule has 2 fully saturated rings. The van der Waals surface area contributed by atoms with Crippen LogP contribution in [0.15, 0.2) is 22.7 Å². The molecule has 156 valence electrons. The summed E-state index contributed by atoms with van der Waals surface area (Å²) in [5.41, 5.74) is -0.414. The topological polar surface area (TPSA) is 110 Å². The number of nitrogens with one attached hydrogen (secondary N) is 2. The minimum absolute atomic E-state index is 0.00222. The van der Waals surface area contributed by atoms with E-state index in [0.717, 1.165) is 11.3 Å². The number of aromatic nitrogens is 2. The summed E-state index contributed by atoms with van der Waals surface area (Å²) in [5.74, 6) is -0.317. The molecule has 0 bridgehead atoms. The van der Waals surface area contributed by atoms with Crippen LogP contribution in [0.3, 0.4) is 0 Å². The van der Waals surface area contributed by atoms with Crippen LogP contribution in [0.2, 0.25) is 0 Å². The van der Waals surface area contributed by atoms with Gasteiger partial charge in [0.2, 0.25) is 5.13 Å². The van der Waals surface area contributed by atoms with Crippen LogP contribution in [0.4, 0.5) is 14.3 Å². The van der Waals surface area contributed by atoms with Gasteiger partial charge in [-0.15, -0.1) is 10.2 Å². The van der Waals surface area contributed by atoms with E-state index in [0.29, 0.717) is 40.9 Å². The maximum absolute atomic E-state index is 14.0. The first kappa shape index (κ1) is 20.6. The molecule has 4 rings (SSSR count). The molecule has 2 aromatic rings. The maximum atomic E-state index is 14.0. The van der Waals surface area contributed by atoms with Crippen LogP contribution in [-0.4, -0.2) is 54.4 Å². The highest BCUT2D eigenvalue weighted by Crippen LogP contribution is 2.35. The van der Waals surface area contributed by atoms with Gasteiger partial charge in [-0.1, -0.05) is 27.3 Å². The summed E-state index contributed by atoms with van der Waals surface area (Å²) in [4.78, 5) is 12.4. The molecule has 3 heterocycles. The van der Waals surface area contributed by atoms with E-state index in [2.05, 4.69) is 36.8 Å². The second kappa shape index (κ2) is 7.89. The predicted molar refractivity (Wildman–Crippen MR) is 110 cm³/mol. The zero-order valence-corrected chi connectivity index (χ0v) is 18.4. The zero-order valence-electron chi connectivity index (χ0n) is 15.2. The van der Waals surface area contributed by atoms with Gasteiger partial charge in [-0.05, 0) is 37.5 Å². The number of urea groups is 1. The largest absolute Gasteiger partial charge is 0.374 e. The molecule has 2 atom stereocenters. The SMILES string of the molecule is O=C(Nc1nnc(-c2cc(Br)ccc2F)s1)NC1CCOC2(CCS(=O)(=O)C2)C1. The van der Waals surface area contributed by atoms with E-state index in [-0.39, 0.29) is 22.7 Å². The number of benzene rings is 1. The summed E-state index contributed by atoms with van der Waals surface area (Å²) in [6, 6.07) is 3.84. The smallest absolute Gasteiger partial charge is 0.321 e. The van der Waals surface area contributed by atoms with Crippen molar-refractivity contribution >= 4 is 48.3 Å². The number of nitrogens with zero attached hydrogens (tertiary/aromatic N) is 2. The van der Waals surface area contributed by atoms with E-state index < -0.39 is 27.3 Å². The monoisotopic (exact) mass is 504 g/mol.